The molecule has 0 aromatic rings. The van der Waals surface area contributed by atoms with Gasteiger partial charge in [0.05, 0.1) is 12.0 Å². The van der Waals surface area contributed by atoms with Crippen molar-refractivity contribution in [2.24, 2.45) is 63.9 Å². The molecular formula is C32H53NO4. The Morgan fingerprint density at radius 2 is 1.51 bits per heavy atom. The number of Topliss-reactive ketones (excluding diaryl/α,β-unsaturated/α-hetero) is 2. The van der Waals surface area contributed by atoms with Gasteiger partial charge in [-0.1, -0.05) is 41.5 Å². The molecule has 10 atom stereocenters. The molecule has 0 aromatic heterocycles. The SMILES string of the molecule is CC(=O)[C@H]1CC[C@H]2[C@@H]3CC[C@H]4C[C@H](OC(=O)C(CC(=O)C(N)C(C)C)C(C)C)CC[C@]4(C)[C@H]3CC[C@]12C. The number of rotatable bonds is 8. The van der Waals surface area contributed by atoms with Crippen LogP contribution in [0.25, 0.3) is 0 Å². The van der Waals surface area contributed by atoms with Crippen LogP contribution in [-0.2, 0) is 19.1 Å². The van der Waals surface area contributed by atoms with Gasteiger partial charge in [0.25, 0.3) is 0 Å². The number of ketones is 2. The minimum Gasteiger partial charge on any atom is -0.462 e. The van der Waals surface area contributed by atoms with Crippen molar-refractivity contribution >= 4 is 17.5 Å². The number of nitrogens with two attached hydrogens (primary N) is 1. The first kappa shape index (κ1) is 28.8. The molecule has 4 saturated carbocycles. The number of carbonyl (C=O) groups excluding carboxylic acids is 3. The maximum absolute atomic E-state index is 13.3. The topological polar surface area (TPSA) is 86.5 Å². The molecule has 37 heavy (non-hydrogen) atoms. The standard InChI is InChI=1S/C32H53NO4/c1-18(2)24(17-28(35)29(33)19(3)4)30(36)37-22-12-14-31(6)21(16-22)8-9-23-26-11-10-25(20(5)34)32(26,7)15-13-27(23)31/h18-19,21-27,29H,8-17,33H2,1-7H3/t21-,22+,23-,24?,25+,26-,27-,29?,31-,32+/m0/s1. The monoisotopic (exact) mass is 515 g/mol. The van der Waals surface area contributed by atoms with Crippen molar-refractivity contribution in [2.45, 2.75) is 125 Å². The van der Waals surface area contributed by atoms with Gasteiger partial charge < -0.3 is 10.5 Å². The summed E-state index contributed by atoms with van der Waals surface area (Å²) >= 11 is 0. The van der Waals surface area contributed by atoms with Crippen molar-refractivity contribution in [2.75, 3.05) is 0 Å². The van der Waals surface area contributed by atoms with E-state index in [4.69, 9.17) is 10.5 Å². The van der Waals surface area contributed by atoms with Crippen molar-refractivity contribution in [1.82, 2.24) is 0 Å². The maximum Gasteiger partial charge on any atom is 0.309 e. The van der Waals surface area contributed by atoms with Crippen molar-refractivity contribution in [3.05, 3.63) is 0 Å². The average Bonchev–Trinajstić information content (AvgIpc) is 3.19. The van der Waals surface area contributed by atoms with Gasteiger partial charge in [-0.15, -0.1) is 0 Å². The Hall–Kier alpha value is -1.23. The van der Waals surface area contributed by atoms with E-state index in [0.717, 1.165) is 37.5 Å². The predicted octanol–water partition coefficient (Wildman–Crippen LogP) is 6.36. The summed E-state index contributed by atoms with van der Waals surface area (Å²) in [5, 5.41) is 0. The molecule has 4 rings (SSSR count). The van der Waals surface area contributed by atoms with Crippen LogP contribution in [0.5, 0.6) is 0 Å². The Morgan fingerprint density at radius 3 is 2.14 bits per heavy atom. The van der Waals surface area contributed by atoms with Gasteiger partial charge >= 0.3 is 5.97 Å². The summed E-state index contributed by atoms with van der Waals surface area (Å²) < 4.78 is 6.14. The molecule has 2 unspecified atom stereocenters. The predicted molar refractivity (Wildman–Crippen MR) is 147 cm³/mol. The third-order valence-corrected chi connectivity index (χ3v) is 12.0. The molecule has 5 heteroatoms. The Labute approximate surface area is 225 Å². The second-order valence-electron chi connectivity index (χ2n) is 14.6. The lowest BCUT2D eigenvalue weighted by atomic mass is 9.44. The number of carbonyl (C=O) groups is 3. The third kappa shape index (κ3) is 5.20. The zero-order valence-electron chi connectivity index (χ0n) is 24.6. The molecule has 0 aromatic carbocycles. The summed E-state index contributed by atoms with van der Waals surface area (Å²) in [4.78, 5) is 38.3. The number of fused-ring (bicyclic) bond motifs is 5. The van der Waals surface area contributed by atoms with E-state index in [2.05, 4.69) is 13.8 Å². The molecule has 0 saturated heterocycles. The molecule has 4 aliphatic rings. The van der Waals surface area contributed by atoms with Gasteiger partial charge in [-0.05, 0) is 111 Å². The summed E-state index contributed by atoms with van der Waals surface area (Å²) in [6, 6.07) is -0.525. The van der Waals surface area contributed by atoms with Crippen LogP contribution in [0.2, 0.25) is 0 Å². The fourth-order valence-corrected chi connectivity index (χ4v) is 9.56. The van der Waals surface area contributed by atoms with E-state index in [9.17, 15) is 14.4 Å². The van der Waals surface area contributed by atoms with E-state index < -0.39 is 12.0 Å². The molecule has 0 radical (unpaired) electrons. The van der Waals surface area contributed by atoms with Gasteiger partial charge in [-0.2, -0.15) is 0 Å². The minimum absolute atomic E-state index is 0.0385. The second-order valence-corrected chi connectivity index (χ2v) is 14.6. The minimum atomic E-state index is -0.525. The van der Waals surface area contributed by atoms with Crippen LogP contribution >= 0.6 is 0 Å². The summed E-state index contributed by atoms with van der Waals surface area (Å²) in [5.74, 6) is 2.84. The lowest BCUT2D eigenvalue weighted by Gasteiger charge is -2.61. The average molecular weight is 516 g/mol. The number of ether oxygens (including phenoxy) is 1. The molecule has 210 valence electrons. The first-order chi connectivity index (χ1) is 17.3. The van der Waals surface area contributed by atoms with Gasteiger partial charge in [0, 0.05) is 12.3 Å². The summed E-state index contributed by atoms with van der Waals surface area (Å²) in [6.45, 7) is 14.6. The van der Waals surface area contributed by atoms with Crippen molar-refractivity contribution in [3.8, 4) is 0 Å². The van der Waals surface area contributed by atoms with Gasteiger partial charge in [0.1, 0.15) is 11.9 Å². The highest BCUT2D eigenvalue weighted by Crippen LogP contribution is 2.67. The van der Waals surface area contributed by atoms with Gasteiger partial charge in [-0.25, -0.2) is 0 Å². The molecule has 4 aliphatic carbocycles. The summed E-state index contributed by atoms with van der Waals surface area (Å²) in [5.41, 5.74) is 6.58. The van der Waals surface area contributed by atoms with Gasteiger partial charge in [0.15, 0.2) is 5.78 Å². The molecule has 0 bridgehead atoms. The Balaban J connectivity index is 1.40. The number of hydrogen-bond donors (Lipinski definition) is 1. The molecule has 0 heterocycles. The van der Waals surface area contributed by atoms with Crippen LogP contribution in [0.4, 0.5) is 0 Å². The molecule has 2 N–H and O–H groups in total. The van der Waals surface area contributed by atoms with Crippen molar-refractivity contribution < 1.29 is 19.1 Å². The van der Waals surface area contributed by atoms with E-state index in [-0.39, 0.29) is 47.4 Å². The van der Waals surface area contributed by atoms with Gasteiger partial charge in [-0.3, -0.25) is 14.4 Å². The van der Waals surface area contributed by atoms with E-state index in [1.165, 1.54) is 32.1 Å². The van der Waals surface area contributed by atoms with Crippen LogP contribution in [0.3, 0.4) is 0 Å². The fourth-order valence-electron chi connectivity index (χ4n) is 9.56. The zero-order chi connectivity index (χ0) is 27.3. The van der Waals surface area contributed by atoms with Crippen LogP contribution in [-0.4, -0.2) is 29.7 Å². The van der Waals surface area contributed by atoms with E-state index in [0.29, 0.717) is 23.0 Å². The summed E-state index contributed by atoms with van der Waals surface area (Å²) in [6.07, 6.45) is 10.3. The van der Waals surface area contributed by atoms with Crippen LogP contribution in [0.1, 0.15) is 113 Å². The van der Waals surface area contributed by atoms with Crippen LogP contribution in [0, 0.1) is 58.2 Å². The molecule has 5 nitrogen and oxygen atoms in total. The van der Waals surface area contributed by atoms with Gasteiger partial charge in [0.2, 0.25) is 0 Å². The number of esters is 1. The highest BCUT2D eigenvalue weighted by atomic mass is 16.5. The van der Waals surface area contributed by atoms with Crippen LogP contribution < -0.4 is 5.73 Å². The second kappa shape index (κ2) is 10.7. The zero-order valence-corrected chi connectivity index (χ0v) is 24.6. The maximum atomic E-state index is 13.3. The lowest BCUT2D eigenvalue weighted by molar-refractivity contribution is -0.169. The quantitative estimate of drug-likeness (QED) is 0.380. The molecule has 0 spiro atoms. The molecular weight excluding hydrogens is 462 g/mol. The summed E-state index contributed by atoms with van der Waals surface area (Å²) in [7, 11) is 0. The Bertz CT molecular complexity index is 882. The highest BCUT2D eigenvalue weighted by molar-refractivity contribution is 5.88. The van der Waals surface area contributed by atoms with Crippen LogP contribution in [0.15, 0.2) is 0 Å². The highest BCUT2D eigenvalue weighted by Gasteiger charge is 2.61. The first-order valence-electron chi connectivity index (χ1n) is 15.3. The molecule has 0 aliphatic heterocycles. The fraction of sp³-hybridized carbons (Fsp3) is 0.906. The smallest absolute Gasteiger partial charge is 0.309 e. The van der Waals surface area contributed by atoms with E-state index >= 15 is 0 Å². The van der Waals surface area contributed by atoms with Crippen molar-refractivity contribution in [1.29, 1.82) is 0 Å². The number of hydrogen-bond acceptors (Lipinski definition) is 5. The van der Waals surface area contributed by atoms with E-state index in [1.54, 1.807) is 0 Å². The molecule has 4 fully saturated rings. The largest absolute Gasteiger partial charge is 0.462 e. The van der Waals surface area contributed by atoms with E-state index in [1.807, 2.05) is 34.6 Å². The first-order valence-corrected chi connectivity index (χ1v) is 15.3. The normalized spacial score (nSPS) is 40.9. The molecule has 0 amide bonds. The third-order valence-electron chi connectivity index (χ3n) is 12.0. The lowest BCUT2D eigenvalue weighted by Crippen LogP contribution is -2.54. The Morgan fingerprint density at radius 1 is 0.865 bits per heavy atom. The Kier molecular flexibility index (Phi) is 8.35. The van der Waals surface area contributed by atoms with Crippen molar-refractivity contribution in [3.63, 3.8) is 0 Å².